The van der Waals surface area contributed by atoms with Crippen LogP contribution in [0, 0.1) is 0 Å². The van der Waals surface area contributed by atoms with E-state index in [9.17, 15) is 27.4 Å². The van der Waals surface area contributed by atoms with Crippen LogP contribution in [0.5, 0.6) is 0 Å². The van der Waals surface area contributed by atoms with Crippen LogP contribution in [0.25, 0.3) is 12.2 Å². The molecule has 0 fully saturated rings. The van der Waals surface area contributed by atoms with Crippen molar-refractivity contribution in [1.29, 1.82) is 0 Å². The number of carbonyl (C=O) groups is 1. The van der Waals surface area contributed by atoms with Gasteiger partial charge in [0.05, 0.1) is 26.8 Å². The number of anilines is 1. The lowest BCUT2D eigenvalue weighted by Crippen LogP contribution is -2.66. The van der Waals surface area contributed by atoms with E-state index in [2.05, 4.69) is 49.3 Å². The van der Waals surface area contributed by atoms with E-state index in [1.165, 1.54) is 17.7 Å². The van der Waals surface area contributed by atoms with Crippen LogP contribution in [-0.2, 0) is 25.7 Å². The summed E-state index contributed by atoms with van der Waals surface area (Å²) >= 11 is 0. The van der Waals surface area contributed by atoms with Crippen LogP contribution in [0.15, 0.2) is 56.9 Å². The summed E-state index contributed by atoms with van der Waals surface area (Å²) in [7, 11) is -4.48. The molecule has 250 valence electrons. The molecule has 2 aliphatic rings. The monoisotopic (exact) mass is 661 g/mol. The van der Waals surface area contributed by atoms with Crippen LogP contribution in [0.4, 0.5) is 11.4 Å². The summed E-state index contributed by atoms with van der Waals surface area (Å²) in [6.45, 7) is 11.7. The highest BCUT2D eigenvalue weighted by Crippen LogP contribution is 2.46. The molecule has 3 aromatic carbocycles. The van der Waals surface area contributed by atoms with Crippen LogP contribution in [0.1, 0.15) is 90.7 Å². The number of carboxylic acids is 1. The summed E-state index contributed by atoms with van der Waals surface area (Å²) in [4.78, 5) is 40.7. The molecular weight excluding hydrogens is 616 g/mol. The minimum atomic E-state index is -4.48. The number of benzene rings is 2. The third-order valence-electron chi connectivity index (χ3n) is 10.2. The van der Waals surface area contributed by atoms with E-state index in [4.69, 9.17) is 5.11 Å². The molecule has 0 aromatic heterocycles. The Morgan fingerprint density at radius 3 is 2.30 bits per heavy atom. The molecule has 2 atom stereocenters. The molecule has 5 rings (SSSR count). The van der Waals surface area contributed by atoms with Crippen LogP contribution in [-0.4, -0.2) is 53.5 Å². The van der Waals surface area contributed by atoms with Crippen molar-refractivity contribution >= 4 is 45.3 Å². The highest BCUT2D eigenvalue weighted by molar-refractivity contribution is 7.85. The number of hydrogen-bond acceptors (Lipinski definition) is 6. The Balaban J connectivity index is 1.63. The van der Waals surface area contributed by atoms with E-state index in [1.54, 1.807) is 12.1 Å². The van der Waals surface area contributed by atoms with Crippen molar-refractivity contribution in [3.8, 4) is 0 Å². The summed E-state index contributed by atoms with van der Waals surface area (Å²) in [6.07, 6.45) is 7.60. The summed E-state index contributed by atoms with van der Waals surface area (Å²) in [5.74, 6) is -0.860. The van der Waals surface area contributed by atoms with Crippen molar-refractivity contribution in [1.82, 2.24) is 0 Å². The van der Waals surface area contributed by atoms with Gasteiger partial charge in [0.25, 0.3) is 10.1 Å². The van der Waals surface area contributed by atoms with E-state index in [0.29, 0.717) is 37.8 Å². The average molecular weight is 662 g/mol. The number of hydrogen-bond donors (Lipinski definition) is 2. The lowest BCUT2D eigenvalue weighted by atomic mass is 9.75. The smallest absolute Gasteiger partial charge is 0.303 e. The number of carboxylic acid groups (broad SMARTS) is 1. The lowest BCUT2D eigenvalue weighted by molar-refractivity contribution is -0.437. The van der Waals surface area contributed by atoms with E-state index in [0.717, 1.165) is 36.5 Å². The van der Waals surface area contributed by atoms with Gasteiger partial charge >= 0.3 is 5.97 Å². The molecule has 2 N–H and O–H groups in total. The maximum absolute atomic E-state index is 13.8. The van der Waals surface area contributed by atoms with E-state index >= 15 is 0 Å². The number of aliphatic carboxylic acids is 1. The van der Waals surface area contributed by atoms with Crippen LogP contribution >= 0.6 is 0 Å². The lowest BCUT2D eigenvalue weighted by Gasteiger charge is -2.31. The highest BCUT2D eigenvalue weighted by atomic mass is 32.2. The maximum atomic E-state index is 13.8. The molecule has 0 spiro atoms. The van der Waals surface area contributed by atoms with Gasteiger partial charge in [0, 0.05) is 48.2 Å². The predicted octanol–water partition coefficient (Wildman–Crippen LogP) is 4.17. The Morgan fingerprint density at radius 1 is 0.957 bits per heavy atom. The van der Waals surface area contributed by atoms with E-state index in [-0.39, 0.29) is 44.1 Å². The van der Waals surface area contributed by atoms with Crippen molar-refractivity contribution in [2.45, 2.75) is 101 Å². The summed E-state index contributed by atoms with van der Waals surface area (Å²) in [6, 6.07) is 12.5. The summed E-state index contributed by atoms with van der Waals surface area (Å²) < 4.78 is 36.3. The third kappa shape index (κ3) is 6.13. The minimum absolute atomic E-state index is 0.0555. The molecular formula is C37H45N2O7S+. The van der Waals surface area contributed by atoms with E-state index in [1.807, 2.05) is 25.1 Å². The third-order valence-corrected chi connectivity index (χ3v) is 11.1. The molecule has 0 bridgehead atoms. The number of rotatable bonds is 13. The first-order valence-corrected chi connectivity index (χ1v) is 18.0. The first kappa shape index (κ1) is 34.4. The number of para-hydroxylation sites is 1. The number of nitrogens with zero attached hydrogens (tertiary/aromatic N) is 2. The molecule has 0 radical (unpaired) electrons. The fourth-order valence-corrected chi connectivity index (χ4v) is 8.06. The van der Waals surface area contributed by atoms with Gasteiger partial charge in [-0.15, -0.1) is 0 Å². The van der Waals surface area contributed by atoms with Crippen LogP contribution in [0.2, 0.25) is 0 Å². The quantitative estimate of drug-likeness (QED) is 0.159. The average Bonchev–Trinajstić information content (AvgIpc) is 3.39. The molecule has 2 heterocycles. The molecule has 0 aliphatic carbocycles. The zero-order chi connectivity index (χ0) is 34.3. The molecule has 2 aliphatic heterocycles. The Labute approximate surface area is 276 Å². The Morgan fingerprint density at radius 2 is 1.66 bits per heavy atom. The summed E-state index contributed by atoms with van der Waals surface area (Å²) in [5, 5.41) is 9.38. The molecule has 2 unspecified atom stereocenters. The number of fused-ring (bicyclic) bond motifs is 2. The highest BCUT2D eigenvalue weighted by Gasteiger charge is 2.48. The zero-order valence-electron chi connectivity index (χ0n) is 27.9. The van der Waals surface area contributed by atoms with Crippen molar-refractivity contribution in [3.63, 3.8) is 0 Å². The number of likely N-dealkylation sites (N-methyl/N-ethyl adjacent to an activating group) is 1. The SMILES string of the molecule is CCCC[N+]1=C(C=c2c(=O)c(=CC3N(CC)c4ccccc4C3(C)C)c2=O)C(C)(CCCCCC(=O)O)c2cc(S(=O)(=O)O)ccc21. The molecule has 47 heavy (non-hydrogen) atoms. The Hall–Kier alpha value is -3.89. The normalized spacial score (nSPS) is 20.0. The van der Waals surface area contributed by atoms with E-state index < -0.39 is 21.5 Å². The fourth-order valence-electron chi connectivity index (χ4n) is 7.55. The van der Waals surface area contributed by atoms with Gasteiger partial charge in [-0.05, 0) is 56.5 Å². The minimum Gasteiger partial charge on any atom is -0.481 e. The van der Waals surface area contributed by atoms with Gasteiger partial charge in [-0.2, -0.15) is 13.0 Å². The van der Waals surface area contributed by atoms with Crippen molar-refractivity contribution in [3.05, 3.63) is 84.5 Å². The molecule has 9 nitrogen and oxygen atoms in total. The van der Waals surface area contributed by atoms with Crippen LogP contribution < -0.4 is 26.2 Å². The second-order valence-corrected chi connectivity index (χ2v) is 15.0. The second kappa shape index (κ2) is 13.0. The van der Waals surface area contributed by atoms with Crippen molar-refractivity contribution in [2.24, 2.45) is 0 Å². The maximum Gasteiger partial charge on any atom is 0.303 e. The Kier molecular flexibility index (Phi) is 9.50. The molecule has 3 aromatic rings. The molecule has 0 saturated heterocycles. The largest absolute Gasteiger partial charge is 0.481 e. The van der Waals surface area contributed by atoms with Gasteiger partial charge in [0.1, 0.15) is 6.54 Å². The topological polar surface area (TPSA) is 132 Å². The van der Waals surface area contributed by atoms with Gasteiger partial charge in [0.15, 0.2) is 5.71 Å². The molecule has 0 amide bonds. The Bertz CT molecular complexity index is 2020. The van der Waals surface area contributed by atoms with Gasteiger partial charge < -0.3 is 10.0 Å². The fraction of sp³-hybridized carbons (Fsp3) is 0.459. The predicted molar refractivity (Wildman–Crippen MR) is 185 cm³/mol. The zero-order valence-corrected chi connectivity index (χ0v) is 28.7. The van der Waals surface area contributed by atoms with Gasteiger partial charge in [-0.3, -0.25) is 18.9 Å². The standard InChI is InChI=1S/C37H44N2O7S/c1-6-8-20-39-30-18-17-24(47(44,45)46)21-28(30)37(5,19-13-9-10-16-33(40)41)32(39)23-26-34(42)25(35(26)43)22-31-36(3,4)27-14-11-12-15-29(27)38(31)7-2/h11-12,14-15,17-18,21-23,31H,6-10,13,16,19-20H2,1-5H3,(H-,40,41,44,45,46)/p+1. The van der Waals surface area contributed by atoms with Gasteiger partial charge in [-0.25, -0.2) is 0 Å². The first-order chi connectivity index (χ1) is 22.2. The van der Waals surface area contributed by atoms with Gasteiger partial charge in [0.2, 0.25) is 16.5 Å². The van der Waals surface area contributed by atoms with Crippen molar-refractivity contribution < 1.29 is 27.4 Å². The van der Waals surface area contributed by atoms with Crippen molar-refractivity contribution in [2.75, 3.05) is 18.0 Å². The van der Waals surface area contributed by atoms with Gasteiger partial charge in [-0.1, -0.05) is 58.2 Å². The first-order valence-electron chi connectivity index (χ1n) is 16.5. The van der Waals surface area contributed by atoms with Crippen LogP contribution in [0.3, 0.4) is 0 Å². The summed E-state index contributed by atoms with van der Waals surface area (Å²) in [5.41, 5.74) is 2.73. The number of unbranched alkanes of at least 4 members (excludes halogenated alkanes) is 3. The molecule has 10 heteroatoms. The molecule has 0 saturated carbocycles. The second-order valence-electron chi connectivity index (χ2n) is 13.6.